The molecule has 0 bridgehead atoms. The number of carbonyl (C=O) groups excluding carboxylic acids is 1. The van der Waals surface area contributed by atoms with E-state index in [-0.39, 0.29) is 12.4 Å². The van der Waals surface area contributed by atoms with Gasteiger partial charge in [-0.25, -0.2) is 0 Å². The summed E-state index contributed by atoms with van der Waals surface area (Å²) in [5, 5.41) is 0. The van der Waals surface area contributed by atoms with Crippen LogP contribution in [0.4, 0.5) is 0 Å². The molecule has 0 aromatic heterocycles. The van der Waals surface area contributed by atoms with E-state index in [4.69, 9.17) is 23.7 Å². The summed E-state index contributed by atoms with van der Waals surface area (Å²) in [6, 6.07) is 3.65. The molecule has 1 heterocycles. The van der Waals surface area contributed by atoms with Gasteiger partial charge in [-0.15, -0.1) is 0 Å². The molecule has 0 fully saturated rings. The van der Waals surface area contributed by atoms with Gasteiger partial charge in [-0.1, -0.05) is 9.24 Å². The average molecular weight is 328 g/mol. The van der Waals surface area contributed by atoms with Crippen LogP contribution in [0.25, 0.3) is 0 Å². The summed E-state index contributed by atoms with van der Waals surface area (Å²) in [5.74, 6) is 1.14. The van der Waals surface area contributed by atoms with E-state index in [2.05, 4.69) is 9.24 Å². The van der Waals surface area contributed by atoms with Crippen molar-refractivity contribution in [3.8, 4) is 11.5 Å². The van der Waals surface area contributed by atoms with Crippen LogP contribution in [0.15, 0.2) is 12.1 Å². The second-order valence-corrected chi connectivity index (χ2v) is 5.63. The predicted octanol–water partition coefficient (Wildman–Crippen LogP) is 1.54. The van der Waals surface area contributed by atoms with Crippen LogP contribution in [0.1, 0.15) is 11.1 Å². The quantitative estimate of drug-likeness (QED) is 0.583. The molecule has 122 valence electrons. The number of hydrogen-bond donors (Lipinski definition) is 0. The molecule has 22 heavy (non-hydrogen) atoms. The van der Waals surface area contributed by atoms with Crippen LogP contribution in [0.5, 0.6) is 11.5 Å². The second-order valence-electron chi connectivity index (χ2n) is 4.87. The van der Waals surface area contributed by atoms with E-state index in [0.29, 0.717) is 12.2 Å². The Balaban J connectivity index is 2.33. The second kappa shape index (κ2) is 6.92. The molecule has 2 unspecified atom stereocenters. The van der Waals surface area contributed by atoms with Gasteiger partial charge in [-0.3, -0.25) is 4.79 Å². The van der Waals surface area contributed by atoms with Gasteiger partial charge in [-0.05, 0) is 12.1 Å². The molecule has 1 aromatic carbocycles. The molecule has 2 atom stereocenters. The molecule has 1 aromatic rings. The van der Waals surface area contributed by atoms with Crippen molar-refractivity contribution in [3.05, 3.63) is 23.3 Å². The van der Waals surface area contributed by atoms with Crippen LogP contribution in [-0.4, -0.2) is 45.9 Å². The summed E-state index contributed by atoms with van der Waals surface area (Å²) >= 11 is 0. The first-order valence-corrected chi connectivity index (χ1v) is 7.36. The van der Waals surface area contributed by atoms with Crippen LogP contribution in [0.2, 0.25) is 0 Å². The highest BCUT2D eigenvalue weighted by atomic mass is 31.0. The molecule has 6 nitrogen and oxygen atoms in total. The van der Waals surface area contributed by atoms with E-state index in [1.807, 2.05) is 12.1 Å². The summed E-state index contributed by atoms with van der Waals surface area (Å²) in [6.07, 6.45) is -0.303. The maximum absolute atomic E-state index is 12.6. The van der Waals surface area contributed by atoms with Crippen LogP contribution in [-0.2, 0) is 32.0 Å². The van der Waals surface area contributed by atoms with Gasteiger partial charge in [0.2, 0.25) is 11.3 Å². The lowest BCUT2D eigenvalue weighted by Crippen LogP contribution is -2.46. The van der Waals surface area contributed by atoms with Gasteiger partial charge in [0, 0.05) is 31.8 Å². The molecule has 0 radical (unpaired) electrons. The standard InChI is InChI=1S/C15H21O6P/c1-17-11-5-6-12(18-2)10-8-21-13(7-9(10)11)14(16)15(22,19-3)20-4/h5-6,13H,7-8,22H2,1-4H3. The fraction of sp³-hybridized carbons (Fsp3) is 0.533. The number of rotatable bonds is 6. The van der Waals surface area contributed by atoms with Crippen molar-refractivity contribution in [1.82, 2.24) is 0 Å². The predicted molar refractivity (Wildman–Crippen MR) is 83.3 cm³/mol. The van der Waals surface area contributed by atoms with E-state index < -0.39 is 11.6 Å². The van der Waals surface area contributed by atoms with Crippen molar-refractivity contribution >= 4 is 15.0 Å². The first-order chi connectivity index (χ1) is 10.5. The minimum absolute atomic E-state index is 0.264. The molecule has 1 aliphatic heterocycles. The molecule has 0 amide bonds. The lowest BCUT2D eigenvalue weighted by atomic mass is 9.95. The number of Topliss-reactive ketones (excluding diaryl/α,β-unsaturated/α-hetero) is 1. The minimum Gasteiger partial charge on any atom is -0.496 e. The zero-order valence-corrected chi connectivity index (χ0v) is 14.3. The van der Waals surface area contributed by atoms with E-state index in [0.717, 1.165) is 16.9 Å². The lowest BCUT2D eigenvalue weighted by molar-refractivity contribution is -0.181. The monoisotopic (exact) mass is 328 g/mol. The van der Waals surface area contributed by atoms with Gasteiger partial charge in [0.15, 0.2) is 0 Å². The third-order valence-corrected chi connectivity index (χ3v) is 4.60. The van der Waals surface area contributed by atoms with Crippen molar-refractivity contribution in [2.24, 2.45) is 0 Å². The van der Waals surface area contributed by atoms with E-state index in [9.17, 15) is 4.79 Å². The number of hydrogen-bond acceptors (Lipinski definition) is 6. The fourth-order valence-electron chi connectivity index (χ4n) is 2.52. The highest BCUT2D eigenvalue weighted by molar-refractivity contribution is 7.20. The zero-order chi connectivity index (χ0) is 16.3. The molecule has 1 aliphatic rings. The third-order valence-electron chi connectivity index (χ3n) is 3.85. The van der Waals surface area contributed by atoms with E-state index in [1.165, 1.54) is 14.2 Å². The molecule has 7 heteroatoms. The summed E-state index contributed by atoms with van der Waals surface area (Å²) in [4.78, 5) is 12.6. The molecule has 2 rings (SSSR count). The number of ether oxygens (including phenoxy) is 5. The Bertz CT molecular complexity index is 555. The number of benzene rings is 1. The van der Waals surface area contributed by atoms with Crippen LogP contribution < -0.4 is 9.47 Å². The Morgan fingerprint density at radius 3 is 2.18 bits per heavy atom. The SMILES string of the molecule is COc1ccc(OC)c2c1COC(C(=O)C(P)(OC)OC)C2. The zero-order valence-electron chi connectivity index (χ0n) is 13.2. The molecule has 0 spiro atoms. The number of ketones is 1. The first-order valence-electron chi connectivity index (χ1n) is 6.78. The van der Waals surface area contributed by atoms with Crippen molar-refractivity contribution < 1.29 is 28.5 Å². The summed E-state index contributed by atoms with van der Waals surface area (Å²) < 4.78 is 26.7. The Hall–Kier alpha value is -1.20. The largest absolute Gasteiger partial charge is 0.496 e. The maximum Gasteiger partial charge on any atom is 0.243 e. The van der Waals surface area contributed by atoms with Gasteiger partial charge in [0.1, 0.15) is 17.6 Å². The van der Waals surface area contributed by atoms with Gasteiger partial charge >= 0.3 is 0 Å². The van der Waals surface area contributed by atoms with Gasteiger partial charge in [0.05, 0.1) is 20.8 Å². The topological polar surface area (TPSA) is 63.2 Å². The average Bonchev–Trinajstić information content (AvgIpc) is 2.58. The maximum atomic E-state index is 12.6. The normalized spacial score (nSPS) is 17.8. The van der Waals surface area contributed by atoms with Crippen molar-refractivity contribution in [3.63, 3.8) is 0 Å². The third kappa shape index (κ3) is 2.97. The molecule has 0 saturated heterocycles. The molecule has 0 aliphatic carbocycles. The summed E-state index contributed by atoms with van der Waals surface area (Å²) in [6.45, 7) is 0.264. The molecule has 0 N–H and O–H groups in total. The molecular formula is C15H21O6P. The van der Waals surface area contributed by atoms with E-state index in [1.54, 1.807) is 14.2 Å². The Morgan fingerprint density at radius 2 is 1.68 bits per heavy atom. The summed E-state index contributed by atoms with van der Waals surface area (Å²) in [5.41, 5.74) is 0.398. The molecular weight excluding hydrogens is 307 g/mol. The number of fused-ring (bicyclic) bond motifs is 1. The molecule has 0 saturated carbocycles. The summed E-state index contributed by atoms with van der Waals surface area (Å²) in [7, 11) is 8.30. The smallest absolute Gasteiger partial charge is 0.243 e. The van der Waals surface area contributed by atoms with Crippen molar-refractivity contribution in [2.75, 3.05) is 28.4 Å². The highest BCUT2D eigenvalue weighted by Crippen LogP contribution is 2.37. The number of carbonyl (C=O) groups is 1. The highest BCUT2D eigenvalue weighted by Gasteiger charge is 2.41. The minimum atomic E-state index is -1.41. The van der Waals surface area contributed by atoms with Crippen LogP contribution in [0.3, 0.4) is 0 Å². The van der Waals surface area contributed by atoms with Crippen molar-refractivity contribution in [2.45, 2.75) is 24.7 Å². The lowest BCUT2D eigenvalue weighted by Gasteiger charge is -2.32. The van der Waals surface area contributed by atoms with Gasteiger partial charge in [-0.2, -0.15) is 0 Å². The first kappa shape index (κ1) is 17.2. The van der Waals surface area contributed by atoms with E-state index >= 15 is 0 Å². The Morgan fingerprint density at radius 1 is 1.14 bits per heavy atom. The Labute approximate surface area is 132 Å². The van der Waals surface area contributed by atoms with Crippen LogP contribution >= 0.6 is 9.24 Å². The van der Waals surface area contributed by atoms with Gasteiger partial charge < -0.3 is 23.7 Å². The number of methoxy groups -OCH3 is 4. The fourth-order valence-corrected chi connectivity index (χ4v) is 2.71. The Kier molecular flexibility index (Phi) is 5.40. The van der Waals surface area contributed by atoms with Gasteiger partial charge in [0.25, 0.3) is 0 Å². The van der Waals surface area contributed by atoms with Crippen LogP contribution in [0, 0.1) is 0 Å². The van der Waals surface area contributed by atoms with Crippen molar-refractivity contribution in [1.29, 1.82) is 0 Å².